The van der Waals surface area contributed by atoms with Gasteiger partial charge in [0.1, 0.15) is 0 Å². The molecule has 20 heavy (non-hydrogen) atoms. The number of piperidine rings is 1. The molecular weight excluding hydrogens is 262 g/mol. The summed E-state index contributed by atoms with van der Waals surface area (Å²) in [6.45, 7) is 5.67. The highest BCUT2D eigenvalue weighted by atomic mass is 16.4. The van der Waals surface area contributed by atoms with Crippen molar-refractivity contribution in [2.75, 3.05) is 32.7 Å². The van der Waals surface area contributed by atoms with Crippen LogP contribution in [-0.2, 0) is 9.59 Å². The quantitative estimate of drug-likeness (QED) is 0.763. The van der Waals surface area contributed by atoms with Gasteiger partial charge in [0.2, 0.25) is 5.91 Å². The number of urea groups is 1. The van der Waals surface area contributed by atoms with E-state index in [0.717, 1.165) is 0 Å². The lowest BCUT2D eigenvalue weighted by molar-refractivity contribution is -0.143. The standard InChI is InChI=1S/C13H23N3O4/c1-3-15(4-2)11(17)8-14-13(20)16-7-5-6-10(9-16)12(18)19/h10H,3-9H2,1-2H3,(H,14,20)(H,18,19)/t10-/m1/s1. The van der Waals surface area contributed by atoms with Gasteiger partial charge in [0, 0.05) is 26.2 Å². The lowest BCUT2D eigenvalue weighted by Crippen LogP contribution is -2.49. The zero-order valence-electron chi connectivity index (χ0n) is 12.1. The first-order valence-electron chi connectivity index (χ1n) is 7.02. The molecular formula is C13H23N3O4. The molecule has 114 valence electrons. The van der Waals surface area contributed by atoms with Crippen molar-refractivity contribution >= 4 is 17.9 Å². The van der Waals surface area contributed by atoms with Gasteiger partial charge in [0.25, 0.3) is 0 Å². The molecule has 1 aliphatic rings. The van der Waals surface area contributed by atoms with Gasteiger partial charge in [-0.25, -0.2) is 4.79 Å². The molecule has 7 heteroatoms. The summed E-state index contributed by atoms with van der Waals surface area (Å²) in [5.41, 5.74) is 0. The highest BCUT2D eigenvalue weighted by Gasteiger charge is 2.28. The number of hydrogen-bond acceptors (Lipinski definition) is 3. The molecule has 0 spiro atoms. The Morgan fingerprint density at radius 1 is 1.30 bits per heavy atom. The summed E-state index contributed by atoms with van der Waals surface area (Å²) in [6, 6.07) is -0.364. The maximum absolute atomic E-state index is 11.9. The first-order chi connectivity index (χ1) is 9.49. The van der Waals surface area contributed by atoms with Gasteiger partial charge in [-0.2, -0.15) is 0 Å². The molecule has 7 nitrogen and oxygen atoms in total. The molecule has 3 amide bonds. The lowest BCUT2D eigenvalue weighted by atomic mass is 9.99. The smallest absolute Gasteiger partial charge is 0.317 e. The number of carboxylic acid groups (broad SMARTS) is 1. The van der Waals surface area contributed by atoms with E-state index < -0.39 is 11.9 Å². The summed E-state index contributed by atoms with van der Waals surface area (Å²) < 4.78 is 0. The van der Waals surface area contributed by atoms with Gasteiger partial charge in [-0.1, -0.05) is 0 Å². The average Bonchev–Trinajstić information content (AvgIpc) is 2.46. The fraction of sp³-hybridized carbons (Fsp3) is 0.769. The Labute approximate surface area is 118 Å². The Balaban J connectivity index is 2.42. The number of carboxylic acids is 1. The molecule has 2 N–H and O–H groups in total. The van der Waals surface area contributed by atoms with E-state index in [0.29, 0.717) is 32.5 Å². The van der Waals surface area contributed by atoms with Gasteiger partial charge in [-0.3, -0.25) is 9.59 Å². The number of carbonyl (C=O) groups excluding carboxylic acids is 2. The lowest BCUT2D eigenvalue weighted by Gasteiger charge is -2.31. The van der Waals surface area contributed by atoms with Crippen LogP contribution >= 0.6 is 0 Å². The van der Waals surface area contributed by atoms with Crippen LogP contribution in [0.15, 0.2) is 0 Å². The Kier molecular flexibility index (Phi) is 6.27. The van der Waals surface area contributed by atoms with Gasteiger partial charge < -0.3 is 20.2 Å². The monoisotopic (exact) mass is 285 g/mol. The van der Waals surface area contributed by atoms with Crippen LogP contribution in [0.4, 0.5) is 4.79 Å². The third kappa shape index (κ3) is 4.40. The molecule has 1 heterocycles. The molecule has 0 aromatic rings. The van der Waals surface area contributed by atoms with E-state index in [2.05, 4.69) is 5.32 Å². The summed E-state index contributed by atoms with van der Waals surface area (Å²) in [4.78, 5) is 37.7. The van der Waals surface area contributed by atoms with Crippen LogP contribution in [0.2, 0.25) is 0 Å². The van der Waals surface area contributed by atoms with Gasteiger partial charge in [-0.05, 0) is 26.7 Å². The minimum absolute atomic E-state index is 0.0469. The summed E-state index contributed by atoms with van der Waals surface area (Å²) in [7, 11) is 0. The largest absolute Gasteiger partial charge is 0.481 e. The number of amides is 3. The summed E-state index contributed by atoms with van der Waals surface area (Å²) in [5.74, 6) is -1.51. The second kappa shape index (κ2) is 7.72. The molecule has 1 atom stereocenters. The van der Waals surface area contributed by atoms with Crippen molar-refractivity contribution in [3.63, 3.8) is 0 Å². The fourth-order valence-corrected chi connectivity index (χ4v) is 2.31. The zero-order valence-corrected chi connectivity index (χ0v) is 12.1. The Hall–Kier alpha value is -1.79. The topological polar surface area (TPSA) is 90.0 Å². The zero-order chi connectivity index (χ0) is 15.1. The molecule has 0 saturated carbocycles. The molecule has 1 rings (SSSR count). The molecule has 0 bridgehead atoms. The summed E-state index contributed by atoms with van der Waals surface area (Å²) in [6.07, 6.45) is 1.27. The summed E-state index contributed by atoms with van der Waals surface area (Å²) >= 11 is 0. The molecule has 1 fully saturated rings. The van der Waals surface area contributed by atoms with E-state index in [1.807, 2.05) is 13.8 Å². The third-order valence-corrected chi connectivity index (χ3v) is 3.56. The third-order valence-electron chi connectivity index (χ3n) is 3.56. The van der Waals surface area contributed by atoms with Crippen LogP contribution in [-0.4, -0.2) is 65.5 Å². The molecule has 0 aliphatic carbocycles. The predicted octanol–water partition coefficient (Wildman–Crippen LogP) is 0.361. The number of likely N-dealkylation sites (N-methyl/N-ethyl adjacent to an activating group) is 1. The number of hydrogen-bond donors (Lipinski definition) is 2. The SMILES string of the molecule is CCN(CC)C(=O)CNC(=O)N1CCC[C@@H](C(=O)O)C1. The molecule has 0 aromatic heterocycles. The first kappa shape index (κ1) is 16.3. The van der Waals surface area contributed by atoms with Gasteiger partial charge in [-0.15, -0.1) is 0 Å². The normalized spacial score (nSPS) is 18.5. The highest BCUT2D eigenvalue weighted by molar-refractivity contribution is 5.84. The fourth-order valence-electron chi connectivity index (χ4n) is 2.31. The number of aliphatic carboxylic acids is 1. The number of nitrogens with zero attached hydrogens (tertiary/aromatic N) is 2. The molecule has 1 saturated heterocycles. The van der Waals surface area contributed by atoms with E-state index >= 15 is 0 Å². The minimum Gasteiger partial charge on any atom is -0.481 e. The number of carbonyl (C=O) groups is 3. The summed E-state index contributed by atoms with van der Waals surface area (Å²) in [5, 5.41) is 11.5. The van der Waals surface area contributed by atoms with E-state index in [1.54, 1.807) is 4.90 Å². The van der Waals surface area contributed by atoms with Gasteiger partial charge >= 0.3 is 12.0 Å². The van der Waals surface area contributed by atoms with Crippen LogP contribution in [0.3, 0.4) is 0 Å². The van der Waals surface area contributed by atoms with E-state index in [-0.39, 0.29) is 25.0 Å². The van der Waals surface area contributed by atoms with Crippen LogP contribution < -0.4 is 5.32 Å². The van der Waals surface area contributed by atoms with Crippen molar-refractivity contribution in [1.29, 1.82) is 0 Å². The molecule has 0 radical (unpaired) electrons. The molecule has 0 aromatic carbocycles. The first-order valence-corrected chi connectivity index (χ1v) is 7.02. The van der Waals surface area contributed by atoms with Crippen LogP contribution in [0, 0.1) is 5.92 Å². The highest BCUT2D eigenvalue weighted by Crippen LogP contribution is 2.16. The van der Waals surface area contributed by atoms with Crippen molar-refractivity contribution in [3.8, 4) is 0 Å². The second-order valence-corrected chi connectivity index (χ2v) is 4.85. The molecule has 1 aliphatic heterocycles. The van der Waals surface area contributed by atoms with Crippen molar-refractivity contribution in [2.45, 2.75) is 26.7 Å². The molecule has 0 unspecified atom stereocenters. The van der Waals surface area contributed by atoms with E-state index in [9.17, 15) is 14.4 Å². The Morgan fingerprint density at radius 2 is 1.95 bits per heavy atom. The van der Waals surface area contributed by atoms with E-state index in [4.69, 9.17) is 5.11 Å². The van der Waals surface area contributed by atoms with Crippen LogP contribution in [0.25, 0.3) is 0 Å². The van der Waals surface area contributed by atoms with Crippen LogP contribution in [0.1, 0.15) is 26.7 Å². The minimum atomic E-state index is -0.873. The van der Waals surface area contributed by atoms with E-state index in [1.165, 1.54) is 4.90 Å². The Morgan fingerprint density at radius 3 is 2.50 bits per heavy atom. The number of likely N-dealkylation sites (tertiary alicyclic amines) is 1. The number of rotatable bonds is 5. The van der Waals surface area contributed by atoms with Crippen molar-refractivity contribution in [3.05, 3.63) is 0 Å². The van der Waals surface area contributed by atoms with Crippen molar-refractivity contribution < 1.29 is 19.5 Å². The predicted molar refractivity (Wildman–Crippen MR) is 73.3 cm³/mol. The maximum Gasteiger partial charge on any atom is 0.317 e. The maximum atomic E-state index is 11.9. The van der Waals surface area contributed by atoms with Gasteiger partial charge in [0.05, 0.1) is 12.5 Å². The van der Waals surface area contributed by atoms with Gasteiger partial charge in [0.15, 0.2) is 0 Å². The number of nitrogens with one attached hydrogen (secondary N) is 1. The average molecular weight is 285 g/mol. The van der Waals surface area contributed by atoms with Crippen LogP contribution in [0.5, 0.6) is 0 Å². The van der Waals surface area contributed by atoms with Crippen molar-refractivity contribution in [2.24, 2.45) is 5.92 Å². The Bertz CT molecular complexity index is 369. The van der Waals surface area contributed by atoms with Crippen molar-refractivity contribution in [1.82, 2.24) is 15.1 Å². The second-order valence-electron chi connectivity index (χ2n) is 4.85.